The molecular formula is C22H34Ru. The number of allylic oxidation sites excluding steroid dienone is 8. The summed E-state index contributed by atoms with van der Waals surface area (Å²) in [5.41, 5.74) is 1.23. The van der Waals surface area contributed by atoms with Crippen molar-refractivity contribution in [3.8, 4) is 0 Å². The van der Waals surface area contributed by atoms with Gasteiger partial charge in [0.1, 0.15) is 0 Å². The van der Waals surface area contributed by atoms with Crippen LogP contribution in [0.25, 0.3) is 0 Å². The normalized spacial score (nSPS) is 25.4. The Morgan fingerprint density at radius 2 is 0.913 bits per heavy atom. The number of rotatable bonds is 0. The predicted octanol–water partition coefficient (Wildman–Crippen LogP) is 6.71. The summed E-state index contributed by atoms with van der Waals surface area (Å²) in [6.07, 6.45) is 21.5. The molecule has 0 aliphatic heterocycles. The standard InChI is InChI=1S/2C11H17.Ru/c2*1-10(2)8-6-5-7-9-11(10,3)4;/h2*5-6,8H,9H2,1-4H3;/q2*-1;+2. The first-order valence-corrected chi connectivity index (χ1v) is 8.40. The fourth-order valence-corrected chi connectivity index (χ4v) is 2.25. The van der Waals surface area contributed by atoms with Gasteiger partial charge in [-0.2, -0.15) is 12.2 Å². The molecule has 2 aliphatic rings. The van der Waals surface area contributed by atoms with E-state index in [1.54, 1.807) is 0 Å². The molecule has 0 amide bonds. The summed E-state index contributed by atoms with van der Waals surface area (Å²) in [5.74, 6) is 0. The van der Waals surface area contributed by atoms with Crippen molar-refractivity contribution in [3.05, 3.63) is 48.6 Å². The minimum atomic E-state index is 0. The zero-order valence-electron chi connectivity index (χ0n) is 16.2. The third kappa shape index (κ3) is 5.86. The molecule has 0 aromatic rings. The predicted molar refractivity (Wildman–Crippen MR) is 98.3 cm³/mol. The van der Waals surface area contributed by atoms with Crippen molar-refractivity contribution in [2.24, 2.45) is 21.7 Å². The average Bonchev–Trinajstić information content (AvgIpc) is 2.55. The van der Waals surface area contributed by atoms with Crippen molar-refractivity contribution in [3.63, 3.8) is 0 Å². The molecule has 0 saturated carbocycles. The molecule has 0 spiro atoms. The average molecular weight is 400 g/mol. The molecule has 23 heavy (non-hydrogen) atoms. The molecular weight excluding hydrogens is 365 g/mol. The summed E-state index contributed by atoms with van der Waals surface area (Å²) in [6, 6.07) is 0. The Morgan fingerprint density at radius 3 is 1.22 bits per heavy atom. The van der Waals surface area contributed by atoms with Crippen molar-refractivity contribution in [2.75, 3.05) is 0 Å². The van der Waals surface area contributed by atoms with E-state index >= 15 is 0 Å². The van der Waals surface area contributed by atoms with Gasteiger partial charge < -0.3 is 0 Å². The van der Waals surface area contributed by atoms with Gasteiger partial charge in [0.2, 0.25) is 0 Å². The van der Waals surface area contributed by atoms with Crippen LogP contribution in [0.4, 0.5) is 0 Å². The van der Waals surface area contributed by atoms with Gasteiger partial charge in [-0.25, -0.2) is 24.3 Å². The molecule has 1 heteroatoms. The van der Waals surface area contributed by atoms with Gasteiger partial charge in [-0.15, -0.1) is 12.8 Å². The Labute approximate surface area is 158 Å². The van der Waals surface area contributed by atoms with Crippen molar-refractivity contribution >= 4 is 0 Å². The quantitative estimate of drug-likeness (QED) is 0.313. The molecule has 0 fully saturated rings. The molecule has 2 rings (SSSR count). The van der Waals surface area contributed by atoms with E-state index in [0.29, 0.717) is 10.8 Å². The van der Waals surface area contributed by atoms with Crippen LogP contribution >= 0.6 is 0 Å². The molecule has 0 aromatic heterocycles. The minimum Gasteiger partial charge on any atom is -0.275 e. The second-order valence-corrected chi connectivity index (χ2v) is 9.02. The zero-order chi connectivity index (χ0) is 17.1. The van der Waals surface area contributed by atoms with Gasteiger partial charge >= 0.3 is 19.5 Å². The van der Waals surface area contributed by atoms with Gasteiger partial charge in [-0.3, -0.25) is 12.2 Å². The molecule has 0 heterocycles. The summed E-state index contributed by atoms with van der Waals surface area (Å²) in [6.45, 7) is 18.3. The first-order chi connectivity index (χ1) is 9.91. The van der Waals surface area contributed by atoms with Crippen molar-refractivity contribution in [1.82, 2.24) is 0 Å². The van der Waals surface area contributed by atoms with Gasteiger partial charge in [0, 0.05) is 0 Å². The van der Waals surface area contributed by atoms with Crippen LogP contribution in [0.3, 0.4) is 0 Å². The van der Waals surface area contributed by atoms with Gasteiger partial charge in [0.15, 0.2) is 0 Å². The molecule has 0 saturated heterocycles. The van der Waals surface area contributed by atoms with Crippen LogP contribution in [0.15, 0.2) is 36.5 Å². The summed E-state index contributed by atoms with van der Waals surface area (Å²) < 4.78 is 0. The van der Waals surface area contributed by atoms with Gasteiger partial charge in [-0.05, 0) is 21.7 Å². The summed E-state index contributed by atoms with van der Waals surface area (Å²) in [7, 11) is 0. The molecule has 2 aliphatic carbocycles. The summed E-state index contributed by atoms with van der Waals surface area (Å²) in [4.78, 5) is 0. The first-order valence-electron chi connectivity index (χ1n) is 8.40. The van der Waals surface area contributed by atoms with E-state index < -0.39 is 0 Å². The summed E-state index contributed by atoms with van der Waals surface area (Å²) >= 11 is 0. The van der Waals surface area contributed by atoms with Crippen LogP contribution in [0.5, 0.6) is 0 Å². The van der Waals surface area contributed by atoms with Crippen molar-refractivity contribution < 1.29 is 19.5 Å². The van der Waals surface area contributed by atoms with Crippen LogP contribution in [-0.2, 0) is 19.5 Å². The topological polar surface area (TPSA) is 0 Å². The Kier molecular flexibility index (Phi) is 7.96. The van der Waals surface area contributed by atoms with Crippen molar-refractivity contribution in [1.29, 1.82) is 0 Å². The fraction of sp³-hybridized carbons (Fsp3) is 0.636. The maximum Gasteiger partial charge on any atom is 2.00 e. The Morgan fingerprint density at radius 1 is 0.609 bits per heavy atom. The Balaban J connectivity index is 0.000000403. The van der Waals surface area contributed by atoms with Crippen LogP contribution in [0.2, 0.25) is 0 Å². The van der Waals surface area contributed by atoms with Gasteiger partial charge in [-0.1, -0.05) is 55.4 Å². The largest absolute Gasteiger partial charge is 2.00 e. The maximum atomic E-state index is 3.28. The van der Waals surface area contributed by atoms with Crippen LogP contribution in [-0.4, -0.2) is 0 Å². The van der Waals surface area contributed by atoms with Crippen LogP contribution in [0, 0.1) is 33.8 Å². The SMILES string of the molecule is CC1(C)C=CC=[C-]CC1(C)C.CC1(C)C=CC=[C-]CC1(C)C.[Ru+2]. The number of hydrogen-bond donors (Lipinski definition) is 0. The molecule has 0 aromatic carbocycles. The van der Waals surface area contributed by atoms with E-state index in [9.17, 15) is 0 Å². The zero-order valence-corrected chi connectivity index (χ0v) is 18.0. The Bertz CT molecular complexity index is 436. The molecule has 0 bridgehead atoms. The van der Waals surface area contributed by atoms with E-state index in [2.05, 4.69) is 91.8 Å². The molecule has 0 unspecified atom stereocenters. The van der Waals surface area contributed by atoms with Gasteiger partial charge in [0.25, 0.3) is 0 Å². The monoisotopic (exact) mass is 400 g/mol. The summed E-state index contributed by atoms with van der Waals surface area (Å²) in [5, 5.41) is 0. The van der Waals surface area contributed by atoms with E-state index in [1.807, 2.05) is 12.2 Å². The Hall–Kier alpha value is -0.417. The second-order valence-electron chi connectivity index (χ2n) is 9.02. The fourth-order valence-electron chi connectivity index (χ4n) is 2.25. The minimum absolute atomic E-state index is 0. The van der Waals surface area contributed by atoms with E-state index in [4.69, 9.17) is 0 Å². The number of hydrogen-bond acceptors (Lipinski definition) is 0. The third-order valence-corrected chi connectivity index (χ3v) is 6.03. The first kappa shape index (κ1) is 22.6. The molecule has 0 N–H and O–H groups in total. The smallest absolute Gasteiger partial charge is 0.275 e. The van der Waals surface area contributed by atoms with E-state index in [0.717, 1.165) is 12.8 Å². The van der Waals surface area contributed by atoms with E-state index in [1.165, 1.54) is 0 Å². The molecule has 130 valence electrons. The molecule has 0 nitrogen and oxygen atoms in total. The maximum absolute atomic E-state index is 3.28. The van der Waals surface area contributed by atoms with Crippen molar-refractivity contribution in [2.45, 2.75) is 68.2 Å². The second kappa shape index (κ2) is 8.11. The third-order valence-electron chi connectivity index (χ3n) is 6.03. The van der Waals surface area contributed by atoms with Crippen LogP contribution in [0.1, 0.15) is 68.2 Å². The van der Waals surface area contributed by atoms with Gasteiger partial charge in [0.05, 0.1) is 0 Å². The van der Waals surface area contributed by atoms with Crippen LogP contribution < -0.4 is 0 Å². The molecule has 0 atom stereocenters. The van der Waals surface area contributed by atoms with E-state index in [-0.39, 0.29) is 30.3 Å². The molecule has 0 radical (unpaired) electrons.